The van der Waals surface area contributed by atoms with Crippen molar-refractivity contribution in [2.24, 2.45) is 0 Å². The van der Waals surface area contributed by atoms with Crippen molar-refractivity contribution in [3.63, 3.8) is 0 Å². The maximum Gasteiger partial charge on any atom is -0.0171 e. The molecule has 0 saturated carbocycles. The summed E-state index contributed by atoms with van der Waals surface area (Å²) < 4.78 is 0. The van der Waals surface area contributed by atoms with Gasteiger partial charge in [-0.1, -0.05) is 94.1 Å². The van der Waals surface area contributed by atoms with E-state index in [4.69, 9.17) is 0 Å². The van der Waals surface area contributed by atoms with E-state index < -0.39 is 0 Å². The Kier molecular flexibility index (Phi) is 6.84. The van der Waals surface area contributed by atoms with Gasteiger partial charge in [0, 0.05) is 0 Å². The minimum atomic E-state index is 1.18. The standard InChI is InChI=1S/C30H34/c1-3-5-7-8-10-23-11-14-25(15-12-23)26-17-18-28-21-29-19-24(9-6-4-2)13-16-27(29)22-30(28)20-26/h11-22H,3-10H2,1-2H3. The zero-order chi connectivity index (χ0) is 20.8. The number of unbranched alkanes of at least 4 members (excludes halogenated alkanes) is 4. The normalized spacial score (nSPS) is 11.4. The van der Waals surface area contributed by atoms with Crippen LogP contribution in [0.25, 0.3) is 32.7 Å². The molecule has 30 heavy (non-hydrogen) atoms. The lowest BCUT2D eigenvalue weighted by Gasteiger charge is -2.09. The summed E-state index contributed by atoms with van der Waals surface area (Å²) in [5.74, 6) is 0. The van der Waals surface area contributed by atoms with Gasteiger partial charge in [0.05, 0.1) is 0 Å². The van der Waals surface area contributed by atoms with E-state index in [2.05, 4.69) is 86.6 Å². The number of rotatable bonds is 9. The van der Waals surface area contributed by atoms with E-state index in [0.717, 1.165) is 0 Å². The van der Waals surface area contributed by atoms with Gasteiger partial charge in [0.1, 0.15) is 0 Å². The first-order valence-electron chi connectivity index (χ1n) is 11.8. The Bertz CT molecular complexity index is 1100. The topological polar surface area (TPSA) is 0 Å². The highest BCUT2D eigenvalue weighted by Crippen LogP contribution is 2.29. The van der Waals surface area contributed by atoms with Crippen molar-refractivity contribution in [2.75, 3.05) is 0 Å². The van der Waals surface area contributed by atoms with Crippen molar-refractivity contribution in [1.29, 1.82) is 0 Å². The summed E-state index contributed by atoms with van der Waals surface area (Å²) in [6, 6.07) is 27.7. The quantitative estimate of drug-likeness (QED) is 0.196. The molecule has 4 rings (SSSR count). The third kappa shape index (κ3) is 4.93. The molecule has 0 spiro atoms. The van der Waals surface area contributed by atoms with Gasteiger partial charge in [0.25, 0.3) is 0 Å². The average molecular weight is 395 g/mol. The van der Waals surface area contributed by atoms with E-state index in [-0.39, 0.29) is 0 Å². The number of fused-ring (bicyclic) bond motifs is 2. The highest BCUT2D eigenvalue weighted by atomic mass is 14.1. The fourth-order valence-electron chi connectivity index (χ4n) is 4.38. The van der Waals surface area contributed by atoms with E-state index in [1.807, 2.05) is 0 Å². The average Bonchev–Trinajstić information content (AvgIpc) is 2.79. The number of aryl methyl sites for hydroxylation is 2. The van der Waals surface area contributed by atoms with Crippen molar-refractivity contribution < 1.29 is 0 Å². The van der Waals surface area contributed by atoms with Gasteiger partial charge in [-0.25, -0.2) is 0 Å². The first-order valence-corrected chi connectivity index (χ1v) is 11.8. The molecule has 0 fully saturated rings. The lowest BCUT2D eigenvalue weighted by Crippen LogP contribution is -1.87. The second kappa shape index (κ2) is 9.94. The molecule has 0 N–H and O–H groups in total. The van der Waals surface area contributed by atoms with Crippen LogP contribution in [0.1, 0.15) is 63.5 Å². The maximum atomic E-state index is 2.37. The molecule has 4 aromatic carbocycles. The summed E-state index contributed by atoms with van der Waals surface area (Å²) in [4.78, 5) is 0. The molecule has 0 nitrogen and oxygen atoms in total. The molecule has 0 aliphatic carbocycles. The Morgan fingerprint density at radius 3 is 1.77 bits per heavy atom. The Balaban J connectivity index is 1.56. The van der Waals surface area contributed by atoms with Gasteiger partial charge in [0.2, 0.25) is 0 Å². The molecular weight excluding hydrogens is 360 g/mol. The lowest BCUT2D eigenvalue weighted by atomic mass is 9.96. The van der Waals surface area contributed by atoms with E-state index >= 15 is 0 Å². The van der Waals surface area contributed by atoms with Crippen LogP contribution in [0, 0.1) is 0 Å². The maximum absolute atomic E-state index is 2.37. The second-order valence-electron chi connectivity index (χ2n) is 8.71. The zero-order valence-corrected chi connectivity index (χ0v) is 18.6. The summed E-state index contributed by atoms with van der Waals surface area (Å²) >= 11 is 0. The van der Waals surface area contributed by atoms with Crippen LogP contribution in [0.15, 0.2) is 72.8 Å². The predicted octanol–water partition coefficient (Wildman–Crippen LogP) is 9.13. The summed E-state index contributed by atoms with van der Waals surface area (Å²) in [6.07, 6.45) is 10.2. The summed E-state index contributed by atoms with van der Waals surface area (Å²) in [5.41, 5.74) is 5.53. The highest BCUT2D eigenvalue weighted by molar-refractivity contribution is 5.99. The highest BCUT2D eigenvalue weighted by Gasteiger charge is 2.04. The van der Waals surface area contributed by atoms with Gasteiger partial charge in [-0.3, -0.25) is 0 Å². The minimum absolute atomic E-state index is 1.18. The zero-order valence-electron chi connectivity index (χ0n) is 18.6. The van der Waals surface area contributed by atoms with Gasteiger partial charge >= 0.3 is 0 Å². The van der Waals surface area contributed by atoms with Gasteiger partial charge in [-0.2, -0.15) is 0 Å². The Morgan fingerprint density at radius 2 is 1.03 bits per heavy atom. The van der Waals surface area contributed by atoms with Crippen molar-refractivity contribution in [3.05, 3.63) is 83.9 Å². The third-order valence-corrected chi connectivity index (χ3v) is 6.29. The summed E-state index contributed by atoms with van der Waals surface area (Å²) in [6.45, 7) is 4.53. The molecule has 0 heteroatoms. The molecule has 4 aromatic rings. The largest absolute Gasteiger partial charge is 0.0654 e. The summed E-state index contributed by atoms with van der Waals surface area (Å²) in [7, 11) is 0. The van der Waals surface area contributed by atoms with Gasteiger partial charge in [-0.05, 0) is 87.7 Å². The van der Waals surface area contributed by atoms with E-state index in [1.54, 1.807) is 0 Å². The van der Waals surface area contributed by atoms with Crippen LogP contribution in [0.5, 0.6) is 0 Å². The van der Waals surface area contributed by atoms with Crippen molar-refractivity contribution in [3.8, 4) is 11.1 Å². The van der Waals surface area contributed by atoms with Crippen LogP contribution in [-0.4, -0.2) is 0 Å². The third-order valence-electron chi connectivity index (χ3n) is 6.29. The van der Waals surface area contributed by atoms with Crippen LogP contribution in [0.4, 0.5) is 0 Å². The van der Waals surface area contributed by atoms with Gasteiger partial charge < -0.3 is 0 Å². The monoisotopic (exact) mass is 394 g/mol. The second-order valence-corrected chi connectivity index (χ2v) is 8.71. The Morgan fingerprint density at radius 1 is 0.433 bits per heavy atom. The predicted molar refractivity (Wildman–Crippen MR) is 133 cm³/mol. The van der Waals surface area contributed by atoms with Crippen LogP contribution in [-0.2, 0) is 12.8 Å². The van der Waals surface area contributed by atoms with Crippen molar-refractivity contribution >= 4 is 21.5 Å². The fourth-order valence-corrected chi connectivity index (χ4v) is 4.38. The van der Waals surface area contributed by atoms with E-state index in [0.29, 0.717) is 0 Å². The van der Waals surface area contributed by atoms with Gasteiger partial charge in [-0.15, -0.1) is 0 Å². The molecular formula is C30H34. The smallest absolute Gasteiger partial charge is 0.0171 e. The molecule has 0 aliphatic heterocycles. The Hall–Kier alpha value is -2.60. The van der Waals surface area contributed by atoms with Crippen molar-refractivity contribution in [2.45, 2.75) is 65.2 Å². The van der Waals surface area contributed by atoms with Crippen LogP contribution in [0.2, 0.25) is 0 Å². The minimum Gasteiger partial charge on any atom is -0.0654 e. The first kappa shape index (κ1) is 20.7. The molecule has 0 radical (unpaired) electrons. The number of benzene rings is 4. The summed E-state index contributed by atoms with van der Waals surface area (Å²) in [5, 5.41) is 5.34. The molecule has 0 aromatic heterocycles. The molecule has 0 saturated heterocycles. The molecule has 0 atom stereocenters. The first-order chi connectivity index (χ1) is 14.8. The Labute approximate surface area is 182 Å². The molecule has 0 heterocycles. The number of hydrogen-bond donors (Lipinski definition) is 0. The molecule has 0 amide bonds. The SMILES string of the molecule is CCCCCCc1ccc(-c2ccc3cc4cc(CCCC)ccc4cc3c2)cc1. The van der Waals surface area contributed by atoms with E-state index in [1.165, 1.54) is 95.2 Å². The van der Waals surface area contributed by atoms with Gasteiger partial charge in [0.15, 0.2) is 0 Å². The molecule has 0 bridgehead atoms. The molecule has 0 unspecified atom stereocenters. The molecule has 154 valence electrons. The fraction of sp³-hybridized carbons (Fsp3) is 0.333. The molecule has 0 aliphatic rings. The van der Waals surface area contributed by atoms with E-state index in [9.17, 15) is 0 Å². The van der Waals surface area contributed by atoms with Crippen LogP contribution in [0.3, 0.4) is 0 Å². The number of hydrogen-bond acceptors (Lipinski definition) is 0. The van der Waals surface area contributed by atoms with Crippen molar-refractivity contribution in [1.82, 2.24) is 0 Å². The lowest BCUT2D eigenvalue weighted by molar-refractivity contribution is 0.667. The van der Waals surface area contributed by atoms with Crippen LogP contribution < -0.4 is 0 Å². The van der Waals surface area contributed by atoms with Crippen LogP contribution >= 0.6 is 0 Å².